The van der Waals surface area contributed by atoms with E-state index < -0.39 is 0 Å². The van der Waals surface area contributed by atoms with E-state index in [0.717, 1.165) is 36.8 Å². The van der Waals surface area contributed by atoms with Gasteiger partial charge in [-0.1, -0.05) is 18.9 Å². The Kier molecular flexibility index (Phi) is 5.88. The quantitative estimate of drug-likeness (QED) is 0.763. The maximum Gasteiger partial charge on any atom is 0.244 e. The van der Waals surface area contributed by atoms with Crippen LogP contribution in [0.2, 0.25) is 0 Å². The summed E-state index contributed by atoms with van der Waals surface area (Å²) in [7, 11) is 1.62. The lowest BCUT2D eigenvalue weighted by atomic mass is 9.89. The summed E-state index contributed by atoms with van der Waals surface area (Å²) in [4.78, 5) is 30.4. The number of phenols is 1. The third kappa shape index (κ3) is 4.10. The molecule has 2 aromatic rings. The summed E-state index contributed by atoms with van der Waals surface area (Å²) in [6, 6.07) is 7.23. The fourth-order valence-corrected chi connectivity index (χ4v) is 4.67. The number of carbonyl (C=O) groups is 2. The van der Waals surface area contributed by atoms with Crippen LogP contribution in [0.4, 0.5) is 5.69 Å². The summed E-state index contributed by atoms with van der Waals surface area (Å²) in [5, 5.41) is 13.8. The zero-order chi connectivity index (χ0) is 21.1. The number of aromatic nitrogens is 1. The maximum absolute atomic E-state index is 12.5. The smallest absolute Gasteiger partial charge is 0.244 e. The predicted molar refractivity (Wildman–Crippen MR) is 113 cm³/mol. The summed E-state index contributed by atoms with van der Waals surface area (Å²) in [6.07, 6.45) is 7.86. The normalized spacial score (nSPS) is 19.3. The number of amides is 2. The second kappa shape index (κ2) is 8.73. The number of hydrogen-bond acceptors (Lipinski definition) is 5. The Morgan fingerprint density at radius 3 is 2.77 bits per heavy atom. The van der Waals surface area contributed by atoms with Crippen molar-refractivity contribution in [3.8, 4) is 11.5 Å². The summed E-state index contributed by atoms with van der Waals surface area (Å²) in [5.41, 5.74) is 2.23. The van der Waals surface area contributed by atoms with Crippen LogP contribution in [0.25, 0.3) is 0 Å². The number of hydrogen-bond donors (Lipinski definition) is 2. The molecule has 0 radical (unpaired) electrons. The standard InChI is InChI=1S/C23H27N3O4/c1-30-19-9-8-18(23(29)22(19)15-5-2-3-6-15)16-11-21(28)26(13-16)14-20(27)25-17-7-4-10-24-12-17/h4,7-10,12,15-16,29H,2-3,5-6,11,13-14H2,1H3,(H,25,27). The van der Waals surface area contributed by atoms with Crippen molar-refractivity contribution in [1.29, 1.82) is 0 Å². The van der Waals surface area contributed by atoms with E-state index in [9.17, 15) is 14.7 Å². The van der Waals surface area contributed by atoms with Gasteiger partial charge in [-0.25, -0.2) is 0 Å². The van der Waals surface area contributed by atoms with Gasteiger partial charge in [-0.05, 0) is 42.5 Å². The van der Waals surface area contributed by atoms with Gasteiger partial charge in [0.05, 0.1) is 25.5 Å². The van der Waals surface area contributed by atoms with Crippen LogP contribution in [0.3, 0.4) is 0 Å². The minimum Gasteiger partial charge on any atom is -0.507 e. The first-order chi connectivity index (χ1) is 14.6. The zero-order valence-corrected chi connectivity index (χ0v) is 17.1. The SMILES string of the molecule is COc1ccc(C2CC(=O)N(CC(=O)Nc3cccnc3)C2)c(O)c1C1CCCC1. The number of rotatable bonds is 6. The number of likely N-dealkylation sites (tertiary alicyclic amines) is 1. The van der Waals surface area contributed by atoms with Crippen molar-refractivity contribution in [1.82, 2.24) is 9.88 Å². The molecule has 1 saturated carbocycles. The molecule has 2 heterocycles. The molecule has 1 unspecified atom stereocenters. The first kappa shape index (κ1) is 20.2. The summed E-state index contributed by atoms with van der Waals surface area (Å²) < 4.78 is 5.51. The average molecular weight is 409 g/mol. The van der Waals surface area contributed by atoms with Crippen molar-refractivity contribution in [2.45, 2.75) is 43.9 Å². The van der Waals surface area contributed by atoms with E-state index in [0.29, 0.717) is 23.9 Å². The van der Waals surface area contributed by atoms with Crippen LogP contribution < -0.4 is 10.1 Å². The molecule has 2 N–H and O–H groups in total. The minimum atomic E-state index is -0.261. The Morgan fingerprint density at radius 1 is 1.27 bits per heavy atom. The number of nitrogens with zero attached hydrogens (tertiary/aromatic N) is 2. The molecule has 4 rings (SSSR count). The van der Waals surface area contributed by atoms with Crippen LogP contribution in [-0.2, 0) is 9.59 Å². The molecular formula is C23H27N3O4. The Balaban J connectivity index is 1.48. The first-order valence-electron chi connectivity index (χ1n) is 10.4. The molecule has 1 aromatic carbocycles. The Labute approximate surface area is 176 Å². The van der Waals surface area contributed by atoms with E-state index in [4.69, 9.17) is 4.74 Å². The largest absolute Gasteiger partial charge is 0.507 e. The van der Waals surface area contributed by atoms with Gasteiger partial charge in [0.1, 0.15) is 11.5 Å². The van der Waals surface area contributed by atoms with E-state index in [1.807, 2.05) is 12.1 Å². The third-order valence-electron chi connectivity index (χ3n) is 6.13. The molecule has 30 heavy (non-hydrogen) atoms. The molecule has 1 atom stereocenters. The second-order valence-electron chi connectivity index (χ2n) is 8.07. The molecule has 7 nitrogen and oxygen atoms in total. The van der Waals surface area contributed by atoms with Gasteiger partial charge in [-0.3, -0.25) is 14.6 Å². The highest BCUT2D eigenvalue weighted by Crippen LogP contribution is 2.47. The summed E-state index contributed by atoms with van der Waals surface area (Å²) in [5.74, 6) is 0.760. The van der Waals surface area contributed by atoms with E-state index in [2.05, 4.69) is 10.3 Å². The van der Waals surface area contributed by atoms with Crippen LogP contribution in [-0.4, -0.2) is 47.0 Å². The van der Waals surface area contributed by atoms with Gasteiger partial charge in [-0.2, -0.15) is 0 Å². The van der Waals surface area contributed by atoms with E-state index in [1.165, 1.54) is 0 Å². The molecule has 0 spiro atoms. The van der Waals surface area contributed by atoms with Crippen molar-refractivity contribution < 1.29 is 19.4 Å². The van der Waals surface area contributed by atoms with E-state index in [-0.39, 0.29) is 36.4 Å². The van der Waals surface area contributed by atoms with Crippen molar-refractivity contribution in [3.63, 3.8) is 0 Å². The molecule has 1 saturated heterocycles. The number of nitrogens with one attached hydrogen (secondary N) is 1. The molecule has 2 amide bonds. The van der Waals surface area contributed by atoms with Gasteiger partial charge in [-0.15, -0.1) is 0 Å². The fourth-order valence-electron chi connectivity index (χ4n) is 4.67. The van der Waals surface area contributed by atoms with E-state index in [1.54, 1.807) is 36.5 Å². The van der Waals surface area contributed by atoms with Crippen molar-refractivity contribution in [2.24, 2.45) is 0 Å². The number of carbonyl (C=O) groups excluding carboxylic acids is 2. The van der Waals surface area contributed by atoms with E-state index >= 15 is 0 Å². The molecule has 2 aliphatic rings. The molecule has 1 aromatic heterocycles. The van der Waals surface area contributed by atoms with Gasteiger partial charge in [0.15, 0.2) is 0 Å². The lowest BCUT2D eigenvalue weighted by Gasteiger charge is -2.21. The highest BCUT2D eigenvalue weighted by molar-refractivity contribution is 5.95. The van der Waals surface area contributed by atoms with Crippen molar-refractivity contribution >= 4 is 17.5 Å². The third-order valence-corrected chi connectivity index (χ3v) is 6.13. The molecule has 7 heteroatoms. The topological polar surface area (TPSA) is 91.8 Å². The zero-order valence-electron chi connectivity index (χ0n) is 17.1. The number of phenolic OH excluding ortho intramolecular Hbond substituents is 1. The van der Waals surface area contributed by atoms with Gasteiger partial charge < -0.3 is 20.1 Å². The van der Waals surface area contributed by atoms with Gasteiger partial charge in [0.2, 0.25) is 11.8 Å². The molecule has 1 aliphatic heterocycles. The molecule has 158 valence electrons. The Morgan fingerprint density at radius 2 is 2.07 bits per heavy atom. The van der Waals surface area contributed by atoms with Gasteiger partial charge in [0, 0.05) is 30.6 Å². The highest BCUT2D eigenvalue weighted by atomic mass is 16.5. The predicted octanol–water partition coefficient (Wildman–Crippen LogP) is 3.41. The Bertz CT molecular complexity index is 926. The van der Waals surface area contributed by atoms with Crippen LogP contribution >= 0.6 is 0 Å². The Hall–Kier alpha value is -3.09. The van der Waals surface area contributed by atoms with Crippen LogP contribution in [0.1, 0.15) is 55.1 Å². The van der Waals surface area contributed by atoms with Crippen molar-refractivity contribution in [2.75, 3.05) is 25.5 Å². The second-order valence-corrected chi connectivity index (χ2v) is 8.07. The number of pyridine rings is 1. The van der Waals surface area contributed by atoms with Crippen LogP contribution in [0.15, 0.2) is 36.7 Å². The van der Waals surface area contributed by atoms with Crippen LogP contribution in [0.5, 0.6) is 11.5 Å². The molecule has 0 bridgehead atoms. The monoisotopic (exact) mass is 409 g/mol. The number of anilines is 1. The number of ether oxygens (including phenoxy) is 1. The maximum atomic E-state index is 12.5. The number of methoxy groups -OCH3 is 1. The van der Waals surface area contributed by atoms with Gasteiger partial charge in [0.25, 0.3) is 0 Å². The fraction of sp³-hybridized carbons (Fsp3) is 0.435. The average Bonchev–Trinajstić information content (AvgIpc) is 3.38. The first-order valence-corrected chi connectivity index (χ1v) is 10.4. The lowest BCUT2D eigenvalue weighted by molar-refractivity contribution is -0.131. The van der Waals surface area contributed by atoms with Crippen molar-refractivity contribution in [3.05, 3.63) is 47.8 Å². The number of aromatic hydroxyl groups is 1. The van der Waals surface area contributed by atoms with Crippen LogP contribution in [0, 0.1) is 0 Å². The summed E-state index contributed by atoms with van der Waals surface area (Å²) >= 11 is 0. The minimum absolute atomic E-state index is 0.0172. The lowest BCUT2D eigenvalue weighted by Crippen LogP contribution is -2.34. The number of benzene rings is 1. The summed E-state index contributed by atoms with van der Waals surface area (Å²) in [6.45, 7) is 0.389. The molecule has 1 aliphatic carbocycles. The highest BCUT2D eigenvalue weighted by Gasteiger charge is 2.35. The van der Waals surface area contributed by atoms with Gasteiger partial charge >= 0.3 is 0 Å². The molecule has 2 fully saturated rings. The molecular weight excluding hydrogens is 382 g/mol.